The van der Waals surface area contributed by atoms with E-state index < -0.39 is 0 Å². The third-order valence-corrected chi connectivity index (χ3v) is 10.7. The Balaban J connectivity index is 0.000000179. The van der Waals surface area contributed by atoms with E-state index >= 15 is 0 Å². The third-order valence-electron chi connectivity index (χ3n) is 10.7. The molecule has 0 saturated carbocycles. The van der Waals surface area contributed by atoms with E-state index in [1.54, 1.807) is 38.6 Å². The first-order valence-corrected chi connectivity index (χ1v) is 20.3. The molecule has 2 heterocycles. The van der Waals surface area contributed by atoms with Crippen LogP contribution in [0.1, 0.15) is 77.1 Å². The first-order valence-electron chi connectivity index (χ1n) is 20.3. The van der Waals surface area contributed by atoms with Gasteiger partial charge in [-0.3, -0.25) is 19.5 Å². The second kappa shape index (κ2) is 18.5. The van der Waals surface area contributed by atoms with Crippen LogP contribution in [0.4, 0.5) is 11.4 Å². The van der Waals surface area contributed by atoms with Crippen molar-refractivity contribution in [3.05, 3.63) is 101 Å². The van der Waals surface area contributed by atoms with Crippen LogP contribution in [0.25, 0.3) is 22.3 Å². The van der Waals surface area contributed by atoms with Gasteiger partial charge < -0.3 is 39.9 Å². The molecule has 4 aromatic carbocycles. The van der Waals surface area contributed by atoms with E-state index in [0.29, 0.717) is 118 Å². The van der Waals surface area contributed by atoms with Gasteiger partial charge in [0.25, 0.3) is 0 Å². The molecule has 0 radical (unpaired) electrons. The second-order valence-electron chi connectivity index (χ2n) is 14.5. The topological polar surface area (TPSA) is 158 Å². The lowest BCUT2D eigenvalue weighted by Crippen LogP contribution is -2.25. The van der Waals surface area contributed by atoms with Crippen molar-refractivity contribution in [1.29, 1.82) is 0 Å². The zero-order valence-corrected chi connectivity index (χ0v) is 34.2. The minimum Gasteiger partial charge on any atom is -0.496 e. The Kier molecular flexibility index (Phi) is 12.9. The SMILES string of the molecule is CCCOc1cc(OC)c2c(c1N)C(=O)c1cccc(OCCN3CCCC3)c1-2.CCCOc1cc(OC)c2c(c1N)C(=O)c1cccc(OCCc3ccccn3)c1-2. The van der Waals surface area contributed by atoms with Crippen LogP contribution in [0.15, 0.2) is 72.9 Å². The molecule has 0 spiro atoms. The lowest BCUT2D eigenvalue weighted by atomic mass is 10.0. The lowest BCUT2D eigenvalue weighted by Gasteiger charge is -2.18. The molecule has 2 aliphatic carbocycles. The quantitative estimate of drug-likeness (QED) is 0.0908. The number of methoxy groups -OCH3 is 2. The fraction of sp³-hybridized carbons (Fsp3) is 0.340. The highest BCUT2D eigenvalue weighted by Crippen LogP contribution is 2.53. The number of aromatic nitrogens is 1. The number of carbonyl (C=O) groups excluding carboxylic acids is 2. The number of likely N-dealkylation sites (tertiary alicyclic amines) is 1. The van der Waals surface area contributed by atoms with Crippen LogP contribution in [-0.4, -0.2) is 81.7 Å². The van der Waals surface area contributed by atoms with Crippen molar-refractivity contribution >= 4 is 22.9 Å². The highest BCUT2D eigenvalue weighted by atomic mass is 16.5. The van der Waals surface area contributed by atoms with Crippen molar-refractivity contribution < 1.29 is 38.0 Å². The largest absolute Gasteiger partial charge is 0.496 e. The fourth-order valence-electron chi connectivity index (χ4n) is 7.82. The molecule has 1 aliphatic heterocycles. The molecule has 0 amide bonds. The summed E-state index contributed by atoms with van der Waals surface area (Å²) in [7, 11) is 3.16. The van der Waals surface area contributed by atoms with Crippen molar-refractivity contribution in [3.63, 3.8) is 0 Å². The first-order chi connectivity index (χ1) is 28.8. The first kappa shape index (κ1) is 40.9. The Bertz CT molecular complexity index is 2320. The molecule has 4 N–H and O–H groups in total. The summed E-state index contributed by atoms with van der Waals surface area (Å²) in [6.45, 7) is 9.22. The van der Waals surface area contributed by atoms with Crippen molar-refractivity contribution in [2.45, 2.75) is 46.0 Å². The molecule has 1 saturated heterocycles. The van der Waals surface area contributed by atoms with E-state index in [9.17, 15) is 9.59 Å². The summed E-state index contributed by atoms with van der Waals surface area (Å²) in [5, 5.41) is 0. The van der Waals surface area contributed by atoms with Crippen LogP contribution < -0.4 is 39.9 Å². The van der Waals surface area contributed by atoms with Crippen molar-refractivity contribution in [1.82, 2.24) is 9.88 Å². The van der Waals surface area contributed by atoms with E-state index in [0.717, 1.165) is 43.7 Å². The number of benzene rings is 4. The predicted octanol–water partition coefficient (Wildman–Crippen LogP) is 8.05. The second-order valence-corrected chi connectivity index (χ2v) is 14.5. The molecular weight excluding hydrogens is 749 g/mol. The van der Waals surface area contributed by atoms with Gasteiger partial charge in [-0.05, 0) is 63.0 Å². The third kappa shape index (κ3) is 8.22. The summed E-state index contributed by atoms with van der Waals surface area (Å²) >= 11 is 0. The molecule has 5 aromatic rings. The van der Waals surface area contributed by atoms with E-state index in [1.165, 1.54) is 12.8 Å². The number of hydrogen-bond acceptors (Lipinski definition) is 12. The minimum atomic E-state index is -0.145. The van der Waals surface area contributed by atoms with Gasteiger partial charge >= 0.3 is 0 Å². The number of fused-ring (bicyclic) bond motifs is 6. The highest BCUT2D eigenvalue weighted by Gasteiger charge is 2.37. The zero-order valence-electron chi connectivity index (χ0n) is 34.2. The number of ketones is 2. The molecule has 0 bridgehead atoms. The van der Waals surface area contributed by atoms with Gasteiger partial charge in [-0.25, -0.2) is 0 Å². The normalized spacial score (nSPS) is 13.5. The maximum Gasteiger partial charge on any atom is 0.196 e. The Labute approximate surface area is 345 Å². The number of pyridine rings is 1. The van der Waals surface area contributed by atoms with E-state index in [-0.39, 0.29) is 11.6 Å². The zero-order chi connectivity index (χ0) is 41.5. The highest BCUT2D eigenvalue weighted by molar-refractivity contribution is 6.27. The molecule has 59 heavy (non-hydrogen) atoms. The Morgan fingerprint density at radius 3 is 1.56 bits per heavy atom. The fourth-order valence-corrected chi connectivity index (χ4v) is 7.82. The number of nitrogens with two attached hydrogens (primary N) is 2. The molecular formula is C47H52N4O8. The molecule has 308 valence electrons. The average Bonchev–Trinajstić information content (AvgIpc) is 3.97. The predicted molar refractivity (Wildman–Crippen MR) is 229 cm³/mol. The minimum absolute atomic E-state index is 0.113. The molecule has 8 rings (SSSR count). The summed E-state index contributed by atoms with van der Waals surface area (Å²) in [6.07, 6.45) is 6.61. The molecule has 1 aromatic heterocycles. The van der Waals surface area contributed by atoms with Crippen molar-refractivity contribution in [3.8, 4) is 56.8 Å². The summed E-state index contributed by atoms with van der Waals surface area (Å²) in [4.78, 5) is 33.1. The van der Waals surface area contributed by atoms with Crippen LogP contribution in [0.5, 0.6) is 34.5 Å². The number of hydrogen-bond donors (Lipinski definition) is 2. The number of ether oxygens (including phenoxy) is 6. The van der Waals surface area contributed by atoms with Gasteiger partial charge in [0.15, 0.2) is 11.6 Å². The van der Waals surface area contributed by atoms with Gasteiger partial charge in [-0.15, -0.1) is 0 Å². The maximum atomic E-state index is 13.2. The standard InChI is InChI=1S/C24H24N2O4.C23H28N2O4/c1-3-12-29-19-14-18(28-2)21-20-16(24(27)22(21)23(19)25)8-6-9-17(20)30-13-10-15-7-4-5-11-26-15;1-3-12-28-18-14-17(27-2)20-19-15(23(26)21(20)22(18)24)7-6-8-16(19)29-13-11-25-9-4-5-10-25/h4-9,11,14H,3,10,12-13,25H2,1-2H3;6-8,14H,3-5,9-13,24H2,1-2H3. The van der Waals surface area contributed by atoms with Crippen LogP contribution in [-0.2, 0) is 6.42 Å². The number of nitrogen functional groups attached to an aromatic ring is 2. The van der Waals surface area contributed by atoms with Gasteiger partial charge in [0.2, 0.25) is 0 Å². The van der Waals surface area contributed by atoms with Gasteiger partial charge in [0, 0.05) is 70.4 Å². The number of nitrogens with zero attached hydrogens (tertiary/aromatic N) is 2. The van der Waals surface area contributed by atoms with Crippen LogP contribution in [0.3, 0.4) is 0 Å². The van der Waals surface area contributed by atoms with Crippen LogP contribution in [0, 0.1) is 0 Å². The average molecular weight is 801 g/mol. The van der Waals surface area contributed by atoms with Crippen LogP contribution >= 0.6 is 0 Å². The summed E-state index contributed by atoms with van der Waals surface area (Å²) in [6, 6.07) is 20.3. The maximum absolute atomic E-state index is 13.2. The van der Waals surface area contributed by atoms with Gasteiger partial charge in [-0.1, -0.05) is 44.2 Å². The number of anilines is 2. The molecule has 3 aliphatic rings. The number of rotatable bonds is 16. The van der Waals surface area contributed by atoms with E-state index in [2.05, 4.69) is 9.88 Å². The molecule has 1 fully saturated rings. The smallest absolute Gasteiger partial charge is 0.196 e. The van der Waals surface area contributed by atoms with Crippen molar-refractivity contribution in [2.75, 3.05) is 71.7 Å². The van der Waals surface area contributed by atoms with Crippen molar-refractivity contribution in [2.24, 2.45) is 0 Å². The summed E-state index contributed by atoms with van der Waals surface area (Å²) in [5.41, 5.74) is 19.2. The Morgan fingerprint density at radius 2 is 1.08 bits per heavy atom. The summed E-state index contributed by atoms with van der Waals surface area (Å²) in [5.74, 6) is 3.11. The molecule has 0 atom stereocenters. The van der Waals surface area contributed by atoms with Gasteiger partial charge in [0.1, 0.15) is 41.1 Å². The summed E-state index contributed by atoms with van der Waals surface area (Å²) < 4.78 is 35.0. The Morgan fingerprint density at radius 1 is 0.576 bits per heavy atom. The van der Waals surface area contributed by atoms with Gasteiger partial charge in [0.05, 0.1) is 56.5 Å². The lowest BCUT2D eigenvalue weighted by molar-refractivity contribution is 0.103. The monoisotopic (exact) mass is 800 g/mol. The molecule has 12 heteroatoms. The molecule has 12 nitrogen and oxygen atoms in total. The number of carbonyl (C=O) groups is 2. The van der Waals surface area contributed by atoms with E-state index in [1.807, 2.05) is 62.4 Å². The van der Waals surface area contributed by atoms with E-state index in [4.69, 9.17) is 39.9 Å². The van der Waals surface area contributed by atoms with Gasteiger partial charge in [-0.2, -0.15) is 0 Å². The Hall–Kier alpha value is -6.27. The molecule has 0 unspecified atom stereocenters. The van der Waals surface area contributed by atoms with Crippen LogP contribution in [0.2, 0.25) is 0 Å².